The lowest BCUT2D eigenvalue weighted by atomic mass is 10.1. The molecule has 0 bridgehead atoms. The Kier molecular flexibility index (Phi) is 6.89. The number of rotatable bonds is 12. The maximum absolute atomic E-state index is 12.6. The summed E-state index contributed by atoms with van der Waals surface area (Å²) >= 11 is 0. The number of methoxy groups -OCH3 is 1. The van der Waals surface area contributed by atoms with Crippen molar-refractivity contribution >= 4 is 22.7 Å². The lowest BCUT2D eigenvalue weighted by molar-refractivity contribution is -0.120. The zero-order chi connectivity index (χ0) is 19.9. The number of nitrogens with one attached hydrogen (secondary N) is 2. The average Bonchev–Trinajstić information content (AvgIpc) is 3.38. The highest BCUT2D eigenvalue weighted by Crippen LogP contribution is 2.33. The molecule has 0 aliphatic heterocycles. The largest absolute Gasteiger partial charge is 0.490 e. The van der Waals surface area contributed by atoms with Gasteiger partial charge in [0.1, 0.15) is 24.1 Å². The minimum absolute atomic E-state index is 0.352. The molecule has 1 atom stereocenters. The molecule has 2 aromatic rings. The molecule has 8 nitrogen and oxygen atoms in total. The minimum atomic E-state index is -0.647. The van der Waals surface area contributed by atoms with Gasteiger partial charge >= 0.3 is 0 Å². The van der Waals surface area contributed by atoms with Crippen LogP contribution in [-0.2, 0) is 14.3 Å². The Balaban J connectivity index is 1.62. The quantitative estimate of drug-likeness (QED) is 0.477. The van der Waals surface area contributed by atoms with Crippen molar-refractivity contribution in [1.29, 1.82) is 0 Å². The first kappa shape index (κ1) is 20.2. The predicted molar refractivity (Wildman–Crippen MR) is 104 cm³/mol. The highest BCUT2D eigenvalue weighted by molar-refractivity contribution is 6.01. The molecule has 1 aliphatic carbocycles. The van der Waals surface area contributed by atoms with Gasteiger partial charge in [0.05, 0.1) is 19.8 Å². The number of carbonyl (C=O) groups excluding carboxylic acids is 2. The van der Waals surface area contributed by atoms with Crippen molar-refractivity contribution in [2.45, 2.75) is 25.3 Å². The van der Waals surface area contributed by atoms with Crippen LogP contribution < -0.4 is 15.8 Å². The molecule has 152 valence electrons. The molecule has 0 saturated heterocycles. The van der Waals surface area contributed by atoms with E-state index in [1.165, 1.54) is 0 Å². The molecule has 0 spiro atoms. The molecular weight excluding hydrogens is 362 g/mol. The lowest BCUT2D eigenvalue weighted by Crippen LogP contribution is -2.44. The molecule has 1 aromatic carbocycles. The third-order valence-corrected chi connectivity index (χ3v) is 4.70. The molecule has 4 N–H and O–H groups in total. The fourth-order valence-corrected chi connectivity index (χ4v) is 3.00. The highest BCUT2D eigenvalue weighted by Gasteiger charge is 2.29. The van der Waals surface area contributed by atoms with Crippen molar-refractivity contribution in [2.24, 2.45) is 11.7 Å². The van der Waals surface area contributed by atoms with Gasteiger partial charge < -0.3 is 30.2 Å². The Bertz CT molecular complexity index is 815. The normalized spacial score (nSPS) is 14.8. The van der Waals surface area contributed by atoms with Gasteiger partial charge in [-0.15, -0.1) is 0 Å². The molecule has 28 heavy (non-hydrogen) atoms. The van der Waals surface area contributed by atoms with Gasteiger partial charge in [-0.3, -0.25) is 9.59 Å². The summed E-state index contributed by atoms with van der Waals surface area (Å²) in [5.74, 6) is 0.280. The Labute approximate surface area is 163 Å². The van der Waals surface area contributed by atoms with Gasteiger partial charge in [0.2, 0.25) is 5.91 Å². The predicted octanol–water partition coefficient (Wildman–Crippen LogP) is 1.59. The molecule has 2 amide bonds. The Morgan fingerprint density at radius 2 is 2.04 bits per heavy atom. The fourth-order valence-electron chi connectivity index (χ4n) is 3.00. The molecule has 3 rings (SSSR count). The van der Waals surface area contributed by atoms with Crippen LogP contribution in [0.25, 0.3) is 10.9 Å². The summed E-state index contributed by atoms with van der Waals surface area (Å²) in [4.78, 5) is 27.3. The van der Waals surface area contributed by atoms with Crippen LogP contribution in [0.2, 0.25) is 0 Å². The van der Waals surface area contributed by atoms with E-state index in [0.717, 1.165) is 23.7 Å². The van der Waals surface area contributed by atoms with E-state index < -0.39 is 11.9 Å². The van der Waals surface area contributed by atoms with E-state index in [1.54, 1.807) is 13.2 Å². The SMILES string of the molecule is COCCOCCOc1cccc2[nH]c(C(=O)N[C@@H](CC3CC3)C(N)=O)cc12. The second kappa shape index (κ2) is 9.57. The first-order valence-electron chi connectivity index (χ1n) is 9.50. The Hall–Kier alpha value is -2.58. The molecule has 8 heteroatoms. The highest BCUT2D eigenvalue weighted by atomic mass is 16.5. The van der Waals surface area contributed by atoms with Crippen molar-refractivity contribution in [3.05, 3.63) is 30.0 Å². The maximum atomic E-state index is 12.6. The lowest BCUT2D eigenvalue weighted by Gasteiger charge is -2.14. The molecule has 1 fully saturated rings. The smallest absolute Gasteiger partial charge is 0.268 e. The number of nitrogens with two attached hydrogens (primary N) is 1. The topological polar surface area (TPSA) is 116 Å². The molecule has 0 radical (unpaired) electrons. The van der Waals surface area contributed by atoms with Crippen LogP contribution in [-0.4, -0.2) is 56.4 Å². The van der Waals surface area contributed by atoms with Gasteiger partial charge in [-0.1, -0.05) is 18.9 Å². The number of primary amides is 1. The van der Waals surface area contributed by atoms with Gasteiger partial charge in [0, 0.05) is 18.0 Å². The molecule has 0 unspecified atom stereocenters. The number of carbonyl (C=O) groups is 2. The zero-order valence-corrected chi connectivity index (χ0v) is 16.0. The van der Waals surface area contributed by atoms with Gasteiger partial charge in [0.25, 0.3) is 5.91 Å². The van der Waals surface area contributed by atoms with Crippen molar-refractivity contribution < 1.29 is 23.8 Å². The van der Waals surface area contributed by atoms with E-state index in [1.807, 2.05) is 18.2 Å². The van der Waals surface area contributed by atoms with Gasteiger partial charge in [0.15, 0.2) is 0 Å². The van der Waals surface area contributed by atoms with Crippen LogP contribution >= 0.6 is 0 Å². The fraction of sp³-hybridized carbons (Fsp3) is 0.500. The maximum Gasteiger partial charge on any atom is 0.268 e. The van der Waals surface area contributed by atoms with E-state index in [4.69, 9.17) is 19.9 Å². The summed E-state index contributed by atoms with van der Waals surface area (Å²) in [6.45, 7) is 1.89. The van der Waals surface area contributed by atoms with E-state index in [-0.39, 0.29) is 5.91 Å². The standard InChI is InChI=1S/C20H27N3O5/c1-26-7-8-27-9-10-28-18-4-2-3-15-14(18)12-17(22-15)20(25)23-16(19(21)24)11-13-5-6-13/h2-4,12-13,16,22H,5-11H2,1H3,(H2,21,24)(H,23,25)/t16-/m0/s1. The number of amides is 2. The number of hydrogen-bond acceptors (Lipinski definition) is 5. The second-order valence-corrected chi connectivity index (χ2v) is 6.96. The van der Waals surface area contributed by atoms with Gasteiger partial charge in [-0.25, -0.2) is 0 Å². The van der Waals surface area contributed by atoms with Crippen LogP contribution in [0, 0.1) is 5.92 Å². The summed E-state index contributed by atoms with van der Waals surface area (Å²) in [6, 6.07) is 6.63. The van der Waals surface area contributed by atoms with Crippen molar-refractivity contribution in [3.8, 4) is 5.75 Å². The molecule has 1 aromatic heterocycles. The summed E-state index contributed by atoms with van der Waals surface area (Å²) < 4.78 is 16.1. The van der Waals surface area contributed by atoms with E-state index in [9.17, 15) is 9.59 Å². The molecule has 1 saturated carbocycles. The van der Waals surface area contributed by atoms with Crippen molar-refractivity contribution in [3.63, 3.8) is 0 Å². The summed E-state index contributed by atoms with van der Waals surface area (Å²) in [6.07, 6.45) is 2.77. The van der Waals surface area contributed by atoms with Crippen LogP contribution in [0.15, 0.2) is 24.3 Å². The first-order valence-corrected chi connectivity index (χ1v) is 9.50. The van der Waals surface area contributed by atoms with Crippen molar-refractivity contribution in [2.75, 3.05) is 33.5 Å². The second-order valence-electron chi connectivity index (χ2n) is 6.96. The number of aromatic amines is 1. The number of hydrogen-bond donors (Lipinski definition) is 3. The van der Waals surface area contributed by atoms with E-state index in [0.29, 0.717) is 50.2 Å². The third kappa shape index (κ3) is 5.46. The summed E-state index contributed by atoms with van der Waals surface area (Å²) in [7, 11) is 1.62. The number of aromatic nitrogens is 1. The minimum Gasteiger partial charge on any atom is -0.490 e. The number of benzene rings is 1. The van der Waals surface area contributed by atoms with Gasteiger partial charge in [-0.2, -0.15) is 0 Å². The number of H-pyrrole nitrogens is 1. The number of ether oxygens (including phenoxy) is 3. The van der Waals surface area contributed by atoms with Crippen LogP contribution in [0.5, 0.6) is 5.75 Å². The van der Waals surface area contributed by atoms with E-state index in [2.05, 4.69) is 10.3 Å². The van der Waals surface area contributed by atoms with Crippen LogP contribution in [0.3, 0.4) is 0 Å². The van der Waals surface area contributed by atoms with Crippen molar-refractivity contribution in [1.82, 2.24) is 10.3 Å². The average molecular weight is 389 g/mol. The molecule has 1 heterocycles. The van der Waals surface area contributed by atoms with Crippen LogP contribution in [0.1, 0.15) is 29.8 Å². The molecule has 1 aliphatic rings. The van der Waals surface area contributed by atoms with Crippen LogP contribution in [0.4, 0.5) is 0 Å². The first-order chi connectivity index (χ1) is 13.6. The molecular formula is C20H27N3O5. The van der Waals surface area contributed by atoms with Gasteiger partial charge in [-0.05, 0) is 30.5 Å². The summed E-state index contributed by atoms with van der Waals surface area (Å²) in [5.41, 5.74) is 6.58. The number of fused-ring (bicyclic) bond motifs is 1. The Morgan fingerprint density at radius 3 is 2.75 bits per heavy atom. The zero-order valence-electron chi connectivity index (χ0n) is 16.0. The van der Waals surface area contributed by atoms with E-state index >= 15 is 0 Å². The third-order valence-electron chi connectivity index (χ3n) is 4.70. The summed E-state index contributed by atoms with van der Waals surface area (Å²) in [5, 5.41) is 3.53. The Morgan fingerprint density at radius 1 is 1.25 bits per heavy atom. The monoisotopic (exact) mass is 389 g/mol.